The predicted molar refractivity (Wildman–Crippen MR) is 104 cm³/mol. The van der Waals surface area contributed by atoms with E-state index in [1.54, 1.807) is 0 Å². The minimum atomic E-state index is 0.282. The van der Waals surface area contributed by atoms with Gasteiger partial charge >= 0.3 is 0 Å². The summed E-state index contributed by atoms with van der Waals surface area (Å²) < 4.78 is 0. The third kappa shape index (κ3) is 2.60. The Kier molecular flexibility index (Phi) is 3.74. The van der Waals surface area contributed by atoms with Crippen LogP contribution in [0.2, 0.25) is 0 Å². The van der Waals surface area contributed by atoms with Crippen LogP contribution >= 0.6 is 0 Å². The third-order valence-corrected chi connectivity index (χ3v) is 6.01. The van der Waals surface area contributed by atoms with Crippen LogP contribution in [0.5, 0.6) is 0 Å². The number of aromatic nitrogens is 4. The van der Waals surface area contributed by atoms with Crippen LogP contribution in [0.3, 0.4) is 0 Å². The summed E-state index contributed by atoms with van der Waals surface area (Å²) in [6, 6.07) is 2.16. The molecule has 5 rings (SSSR count). The summed E-state index contributed by atoms with van der Waals surface area (Å²) in [6.07, 6.45) is 12.3. The molecule has 2 aliphatic rings. The molecule has 5 heterocycles. The van der Waals surface area contributed by atoms with E-state index < -0.39 is 0 Å². The second-order valence-electron chi connectivity index (χ2n) is 7.86. The fraction of sp³-hybridized carbons (Fsp3) is 0.500. The number of fused-ring (bicyclic) bond motifs is 1. The lowest BCUT2D eigenvalue weighted by Gasteiger charge is -2.47. The van der Waals surface area contributed by atoms with Gasteiger partial charge in [0.15, 0.2) is 0 Å². The van der Waals surface area contributed by atoms with Crippen molar-refractivity contribution in [1.29, 1.82) is 0 Å². The molecule has 0 aromatic carbocycles. The number of hydrogen-bond acceptors (Lipinski definition) is 4. The molecular weight excluding hydrogens is 324 g/mol. The van der Waals surface area contributed by atoms with Crippen molar-refractivity contribution in [1.82, 2.24) is 25.3 Å². The van der Waals surface area contributed by atoms with Gasteiger partial charge in [-0.15, -0.1) is 0 Å². The minimum Gasteiger partial charge on any atom is -0.369 e. The Hall–Kier alpha value is -2.34. The molecule has 136 valence electrons. The predicted octanol–water partition coefficient (Wildman–Crippen LogP) is 3.37. The molecule has 0 saturated carbocycles. The first-order valence-electron chi connectivity index (χ1n) is 9.72. The highest BCUT2D eigenvalue weighted by atomic mass is 15.2. The van der Waals surface area contributed by atoms with E-state index in [0.29, 0.717) is 0 Å². The summed E-state index contributed by atoms with van der Waals surface area (Å²) in [7, 11) is 0. The number of aryl methyl sites for hydroxylation is 1. The summed E-state index contributed by atoms with van der Waals surface area (Å²) in [5.41, 5.74) is 4.66. The summed E-state index contributed by atoms with van der Waals surface area (Å²) in [6.45, 7) is 5.37. The van der Waals surface area contributed by atoms with Crippen LogP contribution in [0.4, 0.5) is 5.69 Å². The molecule has 3 N–H and O–H groups in total. The molecule has 2 aliphatic heterocycles. The van der Waals surface area contributed by atoms with Gasteiger partial charge in [0, 0.05) is 48.5 Å². The Morgan fingerprint density at radius 2 is 2.08 bits per heavy atom. The molecule has 0 amide bonds. The smallest absolute Gasteiger partial charge is 0.140 e. The second-order valence-corrected chi connectivity index (χ2v) is 7.86. The fourth-order valence-electron chi connectivity index (χ4n) is 4.76. The molecule has 0 bridgehead atoms. The van der Waals surface area contributed by atoms with Gasteiger partial charge in [0.1, 0.15) is 11.5 Å². The van der Waals surface area contributed by atoms with Crippen molar-refractivity contribution in [2.45, 2.75) is 44.6 Å². The van der Waals surface area contributed by atoms with Crippen LogP contribution in [0.15, 0.2) is 24.7 Å². The zero-order chi connectivity index (χ0) is 17.6. The van der Waals surface area contributed by atoms with Gasteiger partial charge in [-0.25, -0.2) is 9.97 Å². The van der Waals surface area contributed by atoms with E-state index in [4.69, 9.17) is 0 Å². The van der Waals surface area contributed by atoms with E-state index in [1.165, 1.54) is 43.2 Å². The number of H-pyrrole nitrogens is 2. The molecule has 3 aromatic heterocycles. The maximum atomic E-state index is 4.55. The van der Waals surface area contributed by atoms with Gasteiger partial charge in [0.05, 0.1) is 11.1 Å². The van der Waals surface area contributed by atoms with Gasteiger partial charge in [-0.05, 0) is 45.2 Å². The quantitative estimate of drug-likeness (QED) is 0.662. The summed E-state index contributed by atoms with van der Waals surface area (Å²) in [5.74, 6) is 0.908. The van der Waals surface area contributed by atoms with Crippen LogP contribution in [-0.4, -0.2) is 45.1 Å². The maximum absolute atomic E-state index is 4.55. The SMILES string of the molecule is Cc1cnc(-c2c[nH]c3nccc(N4CCC[C@]5(CCCCN5)C4)c23)[nH]1. The lowest BCUT2D eigenvalue weighted by atomic mass is 9.81. The number of pyridine rings is 1. The molecule has 2 fully saturated rings. The van der Waals surface area contributed by atoms with Crippen molar-refractivity contribution in [2.24, 2.45) is 0 Å². The van der Waals surface area contributed by atoms with Crippen LogP contribution < -0.4 is 10.2 Å². The van der Waals surface area contributed by atoms with E-state index in [-0.39, 0.29) is 5.54 Å². The largest absolute Gasteiger partial charge is 0.369 e. The number of imidazole rings is 1. The van der Waals surface area contributed by atoms with E-state index >= 15 is 0 Å². The summed E-state index contributed by atoms with van der Waals surface area (Å²) in [5, 5.41) is 5.02. The lowest BCUT2D eigenvalue weighted by molar-refractivity contribution is 0.216. The highest BCUT2D eigenvalue weighted by Gasteiger charge is 2.37. The van der Waals surface area contributed by atoms with Gasteiger partial charge in [-0.2, -0.15) is 0 Å². The normalized spacial score (nSPS) is 23.8. The first kappa shape index (κ1) is 15.9. The van der Waals surface area contributed by atoms with E-state index in [0.717, 1.165) is 42.4 Å². The van der Waals surface area contributed by atoms with Crippen molar-refractivity contribution >= 4 is 16.7 Å². The maximum Gasteiger partial charge on any atom is 0.140 e. The topological polar surface area (TPSA) is 72.6 Å². The molecular formula is C20H26N6. The Labute approximate surface area is 153 Å². The van der Waals surface area contributed by atoms with Crippen molar-refractivity contribution in [3.63, 3.8) is 0 Å². The van der Waals surface area contributed by atoms with E-state index in [2.05, 4.69) is 36.2 Å². The van der Waals surface area contributed by atoms with Gasteiger partial charge in [0.25, 0.3) is 0 Å². The van der Waals surface area contributed by atoms with Crippen LogP contribution in [0, 0.1) is 6.92 Å². The Bertz CT molecular complexity index is 912. The average Bonchev–Trinajstić information content (AvgIpc) is 3.28. The van der Waals surface area contributed by atoms with Gasteiger partial charge in [-0.3, -0.25) is 0 Å². The molecule has 1 atom stereocenters. The highest BCUT2D eigenvalue weighted by Crippen LogP contribution is 2.37. The number of rotatable bonds is 2. The van der Waals surface area contributed by atoms with Crippen molar-refractivity contribution in [3.05, 3.63) is 30.4 Å². The summed E-state index contributed by atoms with van der Waals surface area (Å²) >= 11 is 0. The van der Waals surface area contributed by atoms with Crippen molar-refractivity contribution in [3.8, 4) is 11.4 Å². The minimum absolute atomic E-state index is 0.282. The Morgan fingerprint density at radius 3 is 2.88 bits per heavy atom. The number of anilines is 1. The Balaban J connectivity index is 1.57. The molecule has 0 aliphatic carbocycles. The zero-order valence-corrected chi connectivity index (χ0v) is 15.3. The number of nitrogens with zero attached hydrogens (tertiary/aromatic N) is 3. The van der Waals surface area contributed by atoms with E-state index in [1.807, 2.05) is 25.5 Å². The molecule has 2 saturated heterocycles. The number of hydrogen-bond donors (Lipinski definition) is 3. The van der Waals surface area contributed by atoms with Crippen LogP contribution in [0.1, 0.15) is 37.8 Å². The molecule has 6 nitrogen and oxygen atoms in total. The molecule has 0 unspecified atom stereocenters. The van der Waals surface area contributed by atoms with Crippen LogP contribution in [-0.2, 0) is 0 Å². The molecule has 6 heteroatoms. The van der Waals surface area contributed by atoms with E-state index in [9.17, 15) is 0 Å². The number of piperidine rings is 2. The monoisotopic (exact) mass is 350 g/mol. The number of aromatic amines is 2. The standard InChI is InChI=1S/C20H26N6/c1-14-11-22-18(25-14)15-12-23-19-17(15)16(5-9-21-19)26-10-4-7-20(13-26)6-2-3-8-24-20/h5,9,11-12,24H,2-4,6-8,10,13H2,1H3,(H,21,23)(H,22,25)/t20-/m1/s1. The van der Waals surface area contributed by atoms with Gasteiger partial charge < -0.3 is 20.2 Å². The van der Waals surface area contributed by atoms with Crippen molar-refractivity contribution < 1.29 is 0 Å². The fourth-order valence-corrected chi connectivity index (χ4v) is 4.76. The molecule has 3 aromatic rings. The average molecular weight is 350 g/mol. The Morgan fingerprint density at radius 1 is 1.15 bits per heavy atom. The molecule has 0 radical (unpaired) electrons. The highest BCUT2D eigenvalue weighted by molar-refractivity contribution is 6.01. The molecule has 1 spiro atoms. The summed E-state index contributed by atoms with van der Waals surface area (Å²) in [4.78, 5) is 18.4. The van der Waals surface area contributed by atoms with Gasteiger partial charge in [0.2, 0.25) is 0 Å². The zero-order valence-electron chi connectivity index (χ0n) is 15.3. The van der Waals surface area contributed by atoms with Crippen LogP contribution in [0.25, 0.3) is 22.4 Å². The number of nitrogens with one attached hydrogen (secondary N) is 3. The second kappa shape index (κ2) is 6.13. The van der Waals surface area contributed by atoms with Gasteiger partial charge in [-0.1, -0.05) is 6.42 Å². The molecule has 26 heavy (non-hydrogen) atoms. The lowest BCUT2D eigenvalue weighted by Crippen LogP contribution is -2.59. The third-order valence-electron chi connectivity index (χ3n) is 6.01. The van der Waals surface area contributed by atoms with Crippen molar-refractivity contribution in [2.75, 3.05) is 24.5 Å². The first-order chi connectivity index (χ1) is 12.7. The first-order valence-corrected chi connectivity index (χ1v) is 9.72.